The number of cyclic esters (lactones) is 1. The van der Waals surface area contributed by atoms with Crippen LogP contribution in [0.15, 0.2) is 85.0 Å². The first-order valence-electron chi connectivity index (χ1n) is 18.4. The first kappa shape index (κ1) is 37.5. The highest BCUT2D eigenvalue weighted by atomic mass is 16.6. The molecule has 10 nitrogen and oxygen atoms in total. The number of aliphatic hydroxyl groups excluding tert-OH is 1. The molecule has 0 radical (unpaired) electrons. The van der Waals surface area contributed by atoms with Gasteiger partial charge < -0.3 is 29.3 Å². The Bertz CT molecular complexity index is 1720. The number of carbonyl (C=O) groups is 4. The Kier molecular flexibility index (Phi) is 10.3. The van der Waals surface area contributed by atoms with Crippen LogP contribution < -0.4 is 0 Å². The number of carbonyl (C=O) groups excluding carboxylic acids is 4. The number of aliphatic hydroxyl groups is 1. The number of amides is 3. The second kappa shape index (κ2) is 14.3. The van der Waals surface area contributed by atoms with E-state index in [4.69, 9.17) is 9.47 Å². The van der Waals surface area contributed by atoms with Crippen molar-refractivity contribution in [2.45, 2.75) is 102 Å². The van der Waals surface area contributed by atoms with Gasteiger partial charge in [-0.25, -0.2) is 0 Å². The molecule has 0 aliphatic carbocycles. The molecule has 4 aliphatic rings. The average Bonchev–Trinajstić information content (AvgIpc) is 3.48. The van der Waals surface area contributed by atoms with E-state index >= 15 is 9.59 Å². The monoisotopic (exact) mass is 711 g/mol. The molecule has 0 bridgehead atoms. The number of esters is 1. The van der Waals surface area contributed by atoms with Crippen LogP contribution in [-0.2, 0) is 28.7 Å². The molecule has 2 aromatic carbocycles. The second-order valence-electron chi connectivity index (χ2n) is 16.6. The molecule has 2 saturated heterocycles. The predicted molar refractivity (Wildman–Crippen MR) is 196 cm³/mol. The standard InChI is InChI=1S/C42H53N3O7/c1-27-35(29-19-12-9-13-20-29)51-39(50)33-31(21-14-15-22-32(47)43(27)7)52-42-23-16-24-44(41(5,6)26-40(2,3)4)38(49)36(42)45(37(48)34(33)42)30(25-46)28-17-10-8-11-18-28/h8-14,16-21,23,27,30-31,33-36,46H,15,22,24-26H2,1-7H3/b21-14-/t27-,30+,31-,33+,34+,35+,36-,42+/m0/s1. The zero-order valence-electron chi connectivity index (χ0n) is 31.4. The van der Waals surface area contributed by atoms with Crippen LogP contribution in [0.5, 0.6) is 0 Å². The molecular formula is C42H53N3O7. The van der Waals surface area contributed by atoms with Crippen molar-refractivity contribution in [1.82, 2.24) is 14.7 Å². The molecular weight excluding hydrogens is 658 g/mol. The van der Waals surface area contributed by atoms with E-state index in [0.29, 0.717) is 24.0 Å². The van der Waals surface area contributed by atoms with Gasteiger partial charge in [0.25, 0.3) is 0 Å². The Balaban J connectivity index is 1.50. The summed E-state index contributed by atoms with van der Waals surface area (Å²) < 4.78 is 13.3. The van der Waals surface area contributed by atoms with E-state index in [2.05, 4.69) is 20.8 Å². The second-order valence-corrected chi connectivity index (χ2v) is 16.6. The summed E-state index contributed by atoms with van der Waals surface area (Å²) in [6.45, 7) is 12.2. The van der Waals surface area contributed by atoms with E-state index < -0.39 is 71.8 Å². The third kappa shape index (κ3) is 6.71. The van der Waals surface area contributed by atoms with Gasteiger partial charge in [0.1, 0.15) is 23.7 Å². The number of nitrogens with zero attached hydrogens (tertiary/aromatic N) is 3. The summed E-state index contributed by atoms with van der Waals surface area (Å²) in [6, 6.07) is 15.9. The topological polar surface area (TPSA) is 117 Å². The lowest BCUT2D eigenvalue weighted by Crippen LogP contribution is -2.60. The average molecular weight is 712 g/mol. The van der Waals surface area contributed by atoms with Crippen LogP contribution in [0, 0.1) is 17.3 Å². The number of rotatable bonds is 6. The molecule has 6 rings (SSSR count). The first-order valence-corrected chi connectivity index (χ1v) is 18.4. The fourth-order valence-electron chi connectivity index (χ4n) is 9.13. The van der Waals surface area contributed by atoms with Crippen molar-refractivity contribution in [2.75, 3.05) is 20.2 Å². The van der Waals surface area contributed by atoms with Crippen molar-refractivity contribution in [3.8, 4) is 0 Å². The van der Waals surface area contributed by atoms with Gasteiger partial charge in [-0.1, -0.05) is 106 Å². The van der Waals surface area contributed by atoms with Gasteiger partial charge in [-0.3, -0.25) is 19.2 Å². The number of hydrogen-bond acceptors (Lipinski definition) is 7. The number of likely N-dealkylation sites (tertiary alicyclic amines) is 1. The Morgan fingerprint density at radius 2 is 1.58 bits per heavy atom. The van der Waals surface area contributed by atoms with Gasteiger partial charge >= 0.3 is 5.97 Å². The highest BCUT2D eigenvalue weighted by Crippen LogP contribution is 2.55. The van der Waals surface area contributed by atoms with Gasteiger partial charge in [0.15, 0.2) is 0 Å². The third-order valence-corrected chi connectivity index (χ3v) is 11.3. The van der Waals surface area contributed by atoms with E-state index in [9.17, 15) is 14.7 Å². The highest BCUT2D eigenvalue weighted by Gasteiger charge is 2.73. The molecule has 0 saturated carbocycles. The SMILES string of the molecule is C[C@H]1[C@H](c2ccccc2)OC(=O)[C@@H]2[C@H](/C=C\CCC(=O)N1C)O[C@@]13C=CCN(C(C)(C)CC(C)(C)C)C(=O)[C@@H]1N([C@H](CO)c1ccccc1)C(=O)[C@@H]23. The predicted octanol–water partition coefficient (Wildman–Crippen LogP) is 5.40. The Morgan fingerprint density at radius 1 is 0.923 bits per heavy atom. The molecule has 2 fully saturated rings. The molecule has 0 aromatic heterocycles. The summed E-state index contributed by atoms with van der Waals surface area (Å²) in [7, 11) is 1.71. The molecule has 52 heavy (non-hydrogen) atoms. The molecule has 4 aliphatic heterocycles. The summed E-state index contributed by atoms with van der Waals surface area (Å²) >= 11 is 0. The minimum absolute atomic E-state index is 0.0915. The summed E-state index contributed by atoms with van der Waals surface area (Å²) in [5.74, 6) is -3.74. The van der Waals surface area contributed by atoms with Crippen LogP contribution >= 0.6 is 0 Å². The minimum Gasteiger partial charge on any atom is -0.455 e. The quantitative estimate of drug-likeness (QED) is 0.316. The lowest BCUT2D eigenvalue weighted by Gasteiger charge is -2.45. The molecule has 278 valence electrons. The third-order valence-electron chi connectivity index (χ3n) is 11.3. The van der Waals surface area contributed by atoms with Crippen LogP contribution in [0.2, 0.25) is 0 Å². The van der Waals surface area contributed by atoms with Gasteiger partial charge in [0.05, 0.1) is 30.7 Å². The van der Waals surface area contributed by atoms with Crippen molar-refractivity contribution in [2.24, 2.45) is 17.3 Å². The Morgan fingerprint density at radius 3 is 2.21 bits per heavy atom. The molecule has 1 spiro atoms. The smallest absolute Gasteiger partial charge is 0.313 e. The summed E-state index contributed by atoms with van der Waals surface area (Å²) in [5.41, 5.74) is -0.879. The van der Waals surface area contributed by atoms with E-state index in [1.807, 2.05) is 105 Å². The summed E-state index contributed by atoms with van der Waals surface area (Å²) in [6.07, 6.45) is 6.83. The highest BCUT2D eigenvalue weighted by molar-refractivity contribution is 5.99. The van der Waals surface area contributed by atoms with Gasteiger partial charge in [-0.05, 0) is 50.2 Å². The lowest BCUT2D eigenvalue weighted by atomic mass is 9.77. The number of fused-ring (bicyclic) bond motifs is 2. The molecule has 1 N–H and O–H groups in total. The molecule has 4 heterocycles. The minimum atomic E-state index is -1.54. The van der Waals surface area contributed by atoms with Crippen LogP contribution in [0.1, 0.15) is 84.1 Å². The maximum atomic E-state index is 15.2. The number of benzene rings is 2. The number of allylic oxidation sites excluding steroid dienone is 1. The number of likely N-dealkylation sites (N-methyl/N-ethyl adjacent to an activating group) is 1. The van der Waals surface area contributed by atoms with Crippen molar-refractivity contribution in [1.29, 1.82) is 0 Å². The Labute approximate surface area is 307 Å². The normalized spacial score (nSPS) is 31.2. The van der Waals surface area contributed by atoms with Crippen molar-refractivity contribution < 1.29 is 33.8 Å². The van der Waals surface area contributed by atoms with E-state index in [1.54, 1.807) is 18.0 Å². The largest absolute Gasteiger partial charge is 0.455 e. The van der Waals surface area contributed by atoms with Gasteiger partial charge in [0, 0.05) is 25.6 Å². The van der Waals surface area contributed by atoms with Crippen molar-refractivity contribution >= 4 is 23.7 Å². The van der Waals surface area contributed by atoms with Crippen LogP contribution in [0.4, 0.5) is 0 Å². The van der Waals surface area contributed by atoms with Crippen LogP contribution in [0.25, 0.3) is 0 Å². The zero-order valence-corrected chi connectivity index (χ0v) is 31.4. The van der Waals surface area contributed by atoms with Gasteiger partial charge in [-0.15, -0.1) is 0 Å². The van der Waals surface area contributed by atoms with Crippen molar-refractivity contribution in [3.63, 3.8) is 0 Å². The fraction of sp³-hybridized carbons (Fsp3) is 0.524. The van der Waals surface area contributed by atoms with Crippen molar-refractivity contribution in [3.05, 3.63) is 96.1 Å². The fourth-order valence-corrected chi connectivity index (χ4v) is 9.13. The van der Waals surface area contributed by atoms with Crippen LogP contribution in [-0.4, -0.2) is 93.0 Å². The van der Waals surface area contributed by atoms with Gasteiger partial charge in [-0.2, -0.15) is 0 Å². The lowest BCUT2D eigenvalue weighted by molar-refractivity contribution is -0.165. The molecule has 0 unspecified atom stereocenters. The number of hydrogen-bond donors (Lipinski definition) is 1. The van der Waals surface area contributed by atoms with E-state index in [1.165, 1.54) is 4.90 Å². The number of ether oxygens (including phenoxy) is 2. The summed E-state index contributed by atoms with van der Waals surface area (Å²) in [4.78, 5) is 63.3. The van der Waals surface area contributed by atoms with E-state index in [0.717, 1.165) is 0 Å². The first-order chi connectivity index (χ1) is 24.6. The van der Waals surface area contributed by atoms with E-state index in [-0.39, 0.29) is 30.2 Å². The van der Waals surface area contributed by atoms with Gasteiger partial charge in [0.2, 0.25) is 17.7 Å². The summed E-state index contributed by atoms with van der Waals surface area (Å²) in [5, 5.41) is 11.0. The maximum absolute atomic E-state index is 15.2. The molecule has 2 aromatic rings. The zero-order chi connectivity index (χ0) is 37.6. The van der Waals surface area contributed by atoms with Crippen LogP contribution in [0.3, 0.4) is 0 Å². The molecule has 3 amide bonds. The molecule has 10 heteroatoms. The molecule has 8 atom stereocenters. The Hall–Kier alpha value is -4.28. The maximum Gasteiger partial charge on any atom is 0.313 e.